The van der Waals surface area contributed by atoms with Gasteiger partial charge in [0.25, 0.3) is 5.91 Å². The summed E-state index contributed by atoms with van der Waals surface area (Å²) in [6.07, 6.45) is 0.774. The molecule has 2 aromatic rings. The number of rotatable bonds is 4. The van der Waals surface area contributed by atoms with Crippen LogP contribution in [-0.2, 0) is 0 Å². The van der Waals surface area contributed by atoms with Crippen LogP contribution < -0.4 is 5.32 Å². The normalized spacial score (nSPS) is 14.1. The lowest BCUT2D eigenvalue weighted by Gasteiger charge is -2.26. The van der Waals surface area contributed by atoms with E-state index in [9.17, 15) is 4.79 Å². The summed E-state index contributed by atoms with van der Waals surface area (Å²) in [6, 6.07) is 11.4. The predicted octanol–water partition coefficient (Wildman–Crippen LogP) is 3.37. The number of benzene rings is 1. The third-order valence-electron chi connectivity index (χ3n) is 3.32. The summed E-state index contributed by atoms with van der Waals surface area (Å²) in [6.45, 7) is 3.93. The highest BCUT2D eigenvalue weighted by molar-refractivity contribution is 6.18. The van der Waals surface area contributed by atoms with Gasteiger partial charge in [0.15, 0.2) is 0 Å². The molecule has 0 bridgehead atoms. The number of carbonyl (C=O) groups excluding carboxylic acids is 1. The minimum atomic E-state index is -0.397. The summed E-state index contributed by atoms with van der Waals surface area (Å²) < 4.78 is 0. The van der Waals surface area contributed by atoms with Gasteiger partial charge in [-0.3, -0.25) is 4.79 Å². The van der Waals surface area contributed by atoms with Crippen molar-refractivity contribution in [3.8, 4) is 0 Å². The van der Waals surface area contributed by atoms with Crippen LogP contribution in [0, 0.1) is 0 Å². The number of hydrogen-bond acceptors (Lipinski definition) is 2. The molecule has 0 saturated carbocycles. The number of hydrogen-bond donors (Lipinski definition) is 1. The van der Waals surface area contributed by atoms with Gasteiger partial charge in [-0.25, -0.2) is 4.98 Å². The molecular formula is C15H17ClN2O. The first-order chi connectivity index (χ1) is 9.08. The van der Waals surface area contributed by atoms with Gasteiger partial charge in [0, 0.05) is 11.3 Å². The zero-order valence-electron chi connectivity index (χ0n) is 11.1. The molecule has 1 N–H and O–H groups in total. The quantitative estimate of drug-likeness (QED) is 0.870. The van der Waals surface area contributed by atoms with Crippen molar-refractivity contribution in [1.82, 2.24) is 10.3 Å². The Kier molecular flexibility index (Phi) is 4.05. The number of amides is 1. The van der Waals surface area contributed by atoms with Crippen molar-refractivity contribution in [3.63, 3.8) is 0 Å². The first-order valence-corrected chi connectivity index (χ1v) is 6.86. The number of halogens is 1. The maximum atomic E-state index is 12.2. The molecule has 100 valence electrons. The topological polar surface area (TPSA) is 42.0 Å². The van der Waals surface area contributed by atoms with E-state index in [1.165, 1.54) is 0 Å². The summed E-state index contributed by atoms with van der Waals surface area (Å²) >= 11 is 5.90. The number of carbonyl (C=O) groups is 1. The van der Waals surface area contributed by atoms with E-state index in [4.69, 9.17) is 11.6 Å². The molecule has 1 heterocycles. The Hall–Kier alpha value is -1.61. The minimum absolute atomic E-state index is 0.184. The van der Waals surface area contributed by atoms with Gasteiger partial charge in [-0.2, -0.15) is 0 Å². The minimum Gasteiger partial charge on any atom is -0.344 e. The first-order valence-electron chi connectivity index (χ1n) is 6.32. The average molecular weight is 277 g/mol. The smallest absolute Gasteiger partial charge is 0.270 e. The molecule has 1 aromatic carbocycles. The predicted molar refractivity (Wildman–Crippen MR) is 78.6 cm³/mol. The van der Waals surface area contributed by atoms with Crippen LogP contribution in [-0.4, -0.2) is 22.3 Å². The van der Waals surface area contributed by atoms with Crippen LogP contribution in [0.3, 0.4) is 0 Å². The number of pyridine rings is 1. The van der Waals surface area contributed by atoms with Crippen LogP contribution in [0.15, 0.2) is 36.4 Å². The summed E-state index contributed by atoms with van der Waals surface area (Å²) in [7, 11) is 0. The van der Waals surface area contributed by atoms with E-state index in [-0.39, 0.29) is 5.91 Å². The van der Waals surface area contributed by atoms with Crippen molar-refractivity contribution in [2.24, 2.45) is 0 Å². The van der Waals surface area contributed by atoms with E-state index in [1.54, 1.807) is 6.07 Å². The summed E-state index contributed by atoms with van der Waals surface area (Å²) in [5.74, 6) is 0.193. The summed E-state index contributed by atoms with van der Waals surface area (Å²) in [5, 5.41) is 3.96. The third kappa shape index (κ3) is 3.04. The van der Waals surface area contributed by atoms with Crippen molar-refractivity contribution in [2.75, 3.05) is 5.88 Å². The zero-order valence-corrected chi connectivity index (χ0v) is 11.9. The zero-order chi connectivity index (χ0) is 13.9. The molecule has 1 unspecified atom stereocenters. The van der Waals surface area contributed by atoms with Crippen LogP contribution >= 0.6 is 11.6 Å². The van der Waals surface area contributed by atoms with Crippen molar-refractivity contribution < 1.29 is 4.79 Å². The lowest BCUT2D eigenvalue weighted by Crippen LogP contribution is -2.47. The second kappa shape index (κ2) is 5.57. The van der Waals surface area contributed by atoms with Crippen LogP contribution in [0.25, 0.3) is 10.9 Å². The van der Waals surface area contributed by atoms with Gasteiger partial charge in [-0.1, -0.05) is 31.2 Å². The largest absolute Gasteiger partial charge is 0.344 e. The fourth-order valence-corrected chi connectivity index (χ4v) is 2.00. The molecule has 1 amide bonds. The second-order valence-electron chi connectivity index (χ2n) is 4.89. The van der Waals surface area contributed by atoms with Gasteiger partial charge < -0.3 is 5.32 Å². The van der Waals surface area contributed by atoms with E-state index in [2.05, 4.69) is 10.3 Å². The number of para-hydroxylation sites is 1. The van der Waals surface area contributed by atoms with Gasteiger partial charge in [-0.15, -0.1) is 11.6 Å². The average Bonchev–Trinajstić information content (AvgIpc) is 2.46. The van der Waals surface area contributed by atoms with Crippen molar-refractivity contribution in [1.29, 1.82) is 0 Å². The molecule has 0 aliphatic carbocycles. The molecule has 0 saturated heterocycles. The highest BCUT2D eigenvalue weighted by Gasteiger charge is 2.24. The molecule has 19 heavy (non-hydrogen) atoms. The lowest BCUT2D eigenvalue weighted by atomic mass is 10.0. The Morgan fingerprint density at radius 1 is 1.32 bits per heavy atom. The van der Waals surface area contributed by atoms with Gasteiger partial charge in [-0.05, 0) is 25.5 Å². The second-order valence-corrected chi connectivity index (χ2v) is 5.16. The number of nitrogens with one attached hydrogen (secondary N) is 1. The van der Waals surface area contributed by atoms with Crippen LogP contribution in [0.2, 0.25) is 0 Å². The van der Waals surface area contributed by atoms with E-state index in [1.807, 2.05) is 44.2 Å². The van der Waals surface area contributed by atoms with Crippen LogP contribution in [0.1, 0.15) is 30.8 Å². The molecule has 3 nitrogen and oxygen atoms in total. The van der Waals surface area contributed by atoms with E-state index < -0.39 is 5.54 Å². The molecule has 0 radical (unpaired) electrons. The fraction of sp³-hybridized carbons (Fsp3) is 0.333. The monoisotopic (exact) mass is 276 g/mol. The summed E-state index contributed by atoms with van der Waals surface area (Å²) in [4.78, 5) is 16.6. The number of fused-ring (bicyclic) bond motifs is 1. The molecule has 1 aromatic heterocycles. The standard InChI is InChI=1S/C15H17ClN2O/c1-3-15(2,10-16)18-14(19)13-9-8-11-6-4-5-7-12(11)17-13/h4-9H,3,10H2,1-2H3,(H,18,19). The van der Waals surface area contributed by atoms with Crippen molar-refractivity contribution >= 4 is 28.4 Å². The number of alkyl halides is 1. The van der Waals surface area contributed by atoms with Gasteiger partial charge in [0.1, 0.15) is 5.69 Å². The Balaban J connectivity index is 2.26. The molecule has 4 heteroatoms. The van der Waals surface area contributed by atoms with Crippen LogP contribution in [0.4, 0.5) is 0 Å². The number of aromatic nitrogens is 1. The van der Waals surface area contributed by atoms with E-state index >= 15 is 0 Å². The Morgan fingerprint density at radius 2 is 2.05 bits per heavy atom. The van der Waals surface area contributed by atoms with E-state index in [0.717, 1.165) is 17.3 Å². The Morgan fingerprint density at radius 3 is 2.74 bits per heavy atom. The maximum Gasteiger partial charge on any atom is 0.270 e. The highest BCUT2D eigenvalue weighted by atomic mass is 35.5. The molecule has 0 aliphatic rings. The van der Waals surface area contributed by atoms with Gasteiger partial charge in [0.05, 0.1) is 11.1 Å². The lowest BCUT2D eigenvalue weighted by molar-refractivity contribution is 0.0907. The molecule has 1 atom stereocenters. The van der Waals surface area contributed by atoms with E-state index in [0.29, 0.717) is 11.6 Å². The Bertz CT molecular complexity index is 593. The van der Waals surface area contributed by atoms with Gasteiger partial charge >= 0.3 is 0 Å². The number of nitrogens with zero attached hydrogens (tertiary/aromatic N) is 1. The first kappa shape index (κ1) is 13.8. The van der Waals surface area contributed by atoms with Crippen LogP contribution in [0.5, 0.6) is 0 Å². The summed E-state index contributed by atoms with van der Waals surface area (Å²) in [5.41, 5.74) is 0.842. The van der Waals surface area contributed by atoms with Crippen molar-refractivity contribution in [2.45, 2.75) is 25.8 Å². The fourth-order valence-electron chi connectivity index (χ4n) is 1.75. The van der Waals surface area contributed by atoms with Crippen molar-refractivity contribution in [3.05, 3.63) is 42.1 Å². The Labute approximate surface area is 118 Å². The molecule has 0 aliphatic heterocycles. The molecule has 0 spiro atoms. The third-order valence-corrected chi connectivity index (χ3v) is 3.91. The molecular weight excluding hydrogens is 260 g/mol. The maximum absolute atomic E-state index is 12.2. The molecule has 0 fully saturated rings. The molecule has 2 rings (SSSR count). The SMILES string of the molecule is CCC(C)(CCl)NC(=O)c1ccc2ccccc2n1. The highest BCUT2D eigenvalue weighted by Crippen LogP contribution is 2.15. The van der Waals surface area contributed by atoms with Gasteiger partial charge in [0.2, 0.25) is 0 Å².